The summed E-state index contributed by atoms with van der Waals surface area (Å²) < 4.78 is 7.72. The molecule has 2 aromatic heterocycles. The Hall–Kier alpha value is -2.44. The Balaban J connectivity index is 1.22. The molecule has 2 fully saturated rings. The van der Waals surface area contributed by atoms with Gasteiger partial charge in [-0.25, -0.2) is 0 Å². The van der Waals surface area contributed by atoms with Crippen LogP contribution in [0.25, 0.3) is 16.8 Å². The molecule has 5 rings (SSSR count). The lowest BCUT2D eigenvalue weighted by Crippen LogP contribution is -2.41. The number of benzene rings is 1. The van der Waals surface area contributed by atoms with Gasteiger partial charge in [-0.1, -0.05) is 18.6 Å². The molecule has 162 valence electrons. The molecule has 0 amide bonds. The zero-order chi connectivity index (χ0) is 21.2. The van der Waals surface area contributed by atoms with Gasteiger partial charge in [0.25, 0.3) is 5.56 Å². The molecule has 5 nitrogen and oxygen atoms in total. The highest BCUT2D eigenvalue weighted by Gasteiger charge is 2.25. The highest BCUT2D eigenvalue weighted by molar-refractivity contribution is 7.08. The molecular weight excluding hydrogens is 406 g/mol. The van der Waals surface area contributed by atoms with Crippen molar-refractivity contribution in [1.82, 2.24) is 14.7 Å². The van der Waals surface area contributed by atoms with E-state index in [-0.39, 0.29) is 5.56 Å². The van der Waals surface area contributed by atoms with Crippen LogP contribution in [0.2, 0.25) is 0 Å². The predicted molar refractivity (Wildman–Crippen MR) is 125 cm³/mol. The van der Waals surface area contributed by atoms with Gasteiger partial charge in [-0.15, -0.1) is 0 Å². The van der Waals surface area contributed by atoms with Gasteiger partial charge in [-0.2, -0.15) is 21.1 Å². The van der Waals surface area contributed by atoms with Crippen molar-refractivity contribution in [1.29, 1.82) is 0 Å². The fraction of sp³-hybridized carbons (Fsp3) is 0.440. The normalized spacial score (nSPS) is 18.1. The molecule has 1 aliphatic carbocycles. The Morgan fingerprint density at radius 1 is 1.10 bits per heavy atom. The first-order chi connectivity index (χ1) is 15.2. The minimum absolute atomic E-state index is 0.118. The summed E-state index contributed by atoms with van der Waals surface area (Å²) in [5.74, 6) is 1.84. The molecule has 3 heterocycles. The van der Waals surface area contributed by atoms with Crippen LogP contribution in [-0.4, -0.2) is 40.4 Å². The third kappa shape index (κ3) is 4.60. The van der Waals surface area contributed by atoms with Crippen molar-refractivity contribution in [3.8, 4) is 22.6 Å². The second kappa shape index (κ2) is 8.97. The Labute approximate surface area is 187 Å². The third-order valence-corrected chi connectivity index (χ3v) is 7.28. The number of ether oxygens (including phenoxy) is 1. The van der Waals surface area contributed by atoms with Gasteiger partial charge >= 0.3 is 0 Å². The van der Waals surface area contributed by atoms with E-state index in [0.29, 0.717) is 6.10 Å². The van der Waals surface area contributed by atoms with Crippen LogP contribution in [0.1, 0.15) is 37.8 Å². The van der Waals surface area contributed by atoms with Crippen molar-refractivity contribution in [2.75, 3.05) is 19.6 Å². The maximum Gasteiger partial charge on any atom is 0.272 e. The molecule has 1 saturated heterocycles. The molecule has 0 atom stereocenters. The lowest BCUT2D eigenvalue weighted by atomic mass is 9.85. The van der Waals surface area contributed by atoms with Crippen LogP contribution >= 0.6 is 11.3 Å². The van der Waals surface area contributed by atoms with Crippen molar-refractivity contribution >= 4 is 11.3 Å². The summed E-state index contributed by atoms with van der Waals surface area (Å²) in [4.78, 5) is 15.2. The zero-order valence-electron chi connectivity index (χ0n) is 18.0. The molecule has 0 spiro atoms. The molecule has 31 heavy (non-hydrogen) atoms. The number of piperidine rings is 1. The van der Waals surface area contributed by atoms with Crippen LogP contribution in [-0.2, 0) is 0 Å². The summed E-state index contributed by atoms with van der Waals surface area (Å²) in [7, 11) is 0. The number of likely N-dealkylation sites (tertiary alicyclic amines) is 1. The number of rotatable bonds is 6. The largest absolute Gasteiger partial charge is 0.490 e. The van der Waals surface area contributed by atoms with E-state index in [0.717, 1.165) is 60.1 Å². The summed E-state index contributed by atoms with van der Waals surface area (Å²) in [6.07, 6.45) is 6.74. The summed E-state index contributed by atoms with van der Waals surface area (Å²) in [6, 6.07) is 11.7. The van der Waals surface area contributed by atoms with Gasteiger partial charge < -0.3 is 9.64 Å². The standard InChI is InChI=1S/C25H29N3O2S/c1-18-24(15-25(29)28(26-18)21-11-14-31-17-21)20-5-7-22(8-6-20)30-23-9-12-27(13-10-23)16-19-3-2-4-19/h5-8,11,14-15,17,19,23H,2-4,9-10,12-13,16H2,1H3. The second-order valence-corrected chi connectivity index (χ2v) is 9.59. The van der Waals surface area contributed by atoms with E-state index in [1.807, 2.05) is 48.0 Å². The number of thiophene rings is 1. The van der Waals surface area contributed by atoms with Crippen LogP contribution < -0.4 is 10.3 Å². The van der Waals surface area contributed by atoms with Gasteiger partial charge in [0.2, 0.25) is 0 Å². The van der Waals surface area contributed by atoms with Crippen LogP contribution in [0.5, 0.6) is 5.75 Å². The molecule has 6 heteroatoms. The number of aryl methyl sites for hydroxylation is 1. The molecule has 0 unspecified atom stereocenters. The third-order valence-electron chi connectivity index (χ3n) is 6.61. The molecule has 1 aromatic carbocycles. The highest BCUT2D eigenvalue weighted by Crippen LogP contribution is 2.29. The number of hydrogen-bond acceptors (Lipinski definition) is 5. The molecule has 0 N–H and O–H groups in total. The fourth-order valence-corrected chi connectivity index (χ4v) is 5.17. The smallest absolute Gasteiger partial charge is 0.272 e. The Bertz CT molecular complexity index is 1060. The van der Waals surface area contributed by atoms with Crippen molar-refractivity contribution in [2.24, 2.45) is 5.92 Å². The second-order valence-electron chi connectivity index (χ2n) is 8.81. The van der Waals surface area contributed by atoms with Gasteiger partial charge in [0.05, 0.1) is 11.4 Å². The van der Waals surface area contributed by atoms with Crippen molar-refractivity contribution in [3.63, 3.8) is 0 Å². The van der Waals surface area contributed by atoms with Gasteiger partial charge in [-0.3, -0.25) is 4.79 Å². The maximum atomic E-state index is 12.6. The van der Waals surface area contributed by atoms with Gasteiger partial charge in [0.1, 0.15) is 11.9 Å². The monoisotopic (exact) mass is 435 g/mol. The molecule has 0 bridgehead atoms. The first kappa shape index (κ1) is 20.5. The molecule has 3 aromatic rings. The topological polar surface area (TPSA) is 47.4 Å². The summed E-state index contributed by atoms with van der Waals surface area (Å²) >= 11 is 1.56. The van der Waals surface area contributed by atoms with Crippen LogP contribution in [0.15, 0.2) is 52.0 Å². The fourth-order valence-electron chi connectivity index (χ4n) is 4.55. The lowest BCUT2D eigenvalue weighted by molar-refractivity contribution is 0.0804. The SMILES string of the molecule is Cc1nn(-c2ccsc2)c(=O)cc1-c1ccc(OC2CCN(CC3CCC3)CC2)cc1. The average molecular weight is 436 g/mol. The quantitative estimate of drug-likeness (QED) is 0.552. The summed E-state index contributed by atoms with van der Waals surface area (Å²) in [5, 5.41) is 8.40. The number of aromatic nitrogens is 2. The van der Waals surface area contributed by atoms with Crippen LogP contribution in [0.4, 0.5) is 0 Å². The molecule has 1 saturated carbocycles. The Kier molecular flexibility index (Phi) is 5.92. The van der Waals surface area contributed by atoms with E-state index >= 15 is 0 Å². The molecule has 0 radical (unpaired) electrons. The lowest BCUT2D eigenvalue weighted by Gasteiger charge is -2.36. The summed E-state index contributed by atoms with van der Waals surface area (Å²) in [5.41, 5.74) is 3.38. The molecule has 2 aliphatic rings. The van der Waals surface area contributed by atoms with Crippen molar-refractivity contribution in [3.05, 3.63) is 63.2 Å². The first-order valence-electron chi connectivity index (χ1n) is 11.3. The van der Waals surface area contributed by atoms with Crippen molar-refractivity contribution in [2.45, 2.75) is 45.1 Å². The molecular formula is C25H29N3O2S. The van der Waals surface area contributed by atoms with Crippen LogP contribution in [0, 0.1) is 12.8 Å². The van der Waals surface area contributed by atoms with E-state index in [9.17, 15) is 4.79 Å². The van der Waals surface area contributed by atoms with Gasteiger partial charge in [0, 0.05) is 36.6 Å². The van der Waals surface area contributed by atoms with Gasteiger partial charge in [0.15, 0.2) is 0 Å². The van der Waals surface area contributed by atoms with E-state index in [1.165, 1.54) is 30.5 Å². The zero-order valence-corrected chi connectivity index (χ0v) is 18.8. The number of hydrogen-bond donors (Lipinski definition) is 0. The van der Waals surface area contributed by atoms with E-state index in [1.54, 1.807) is 17.4 Å². The van der Waals surface area contributed by atoms with E-state index in [2.05, 4.69) is 10.00 Å². The average Bonchev–Trinajstić information content (AvgIpc) is 3.29. The predicted octanol–water partition coefficient (Wildman–Crippen LogP) is 4.91. The number of nitrogens with zero attached hydrogens (tertiary/aromatic N) is 3. The Morgan fingerprint density at radius 3 is 2.52 bits per heavy atom. The van der Waals surface area contributed by atoms with Crippen LogP contribution in [0.3, 0.4) is 0 Å². The van der Waals surface area contributed by atoms with Gasteiger partial charge in [-0.05, 0) is 67.7 Å². The molecule has 1 aliphatic heterocycles. The minimum atomic E-state index is -0.118. The minimum Gasteiger partial charge on any atom is -0.490 e. The first-order valence-corrected chi connectivity index (χ1v) is 12.2. The van der Waals surface area contributed by atoms with E-state index in [4.69, 9.17) is 4.74 Å². The van der Waals surface area contributed by atoms with Crippen molar-refractivity contribution < 1.29 is 4.74 Å². The maximum absolute atomic E-state index is 12.6. The van der Waals surface area contributed by atoms with E-state index < -0.39 is 0 Å². The Morgan fingerprint density at radius 2 is 1.87 bits per heavy atom. The summed E-state index contributed by atoms with van der Waals surface area (Å²) in [6.45, 7) is 5.51. The highest BCUT2D eigenvalue weighted by atomic mass is 32.1.